The number of benzene rings is 1. The van der Waals surface area contributed by atoms with Crippen molar-refractivity contribution in [3.63, 3.8) is 0 Å². The van der Waals surface area contributed by atoms with E-state index in [0.717, 1.165) is 24.5 Å². The number of hydrogen-bond donors (Lipinski definition) is 0. The average molecular weight is 357 g/mol. The summed E-state index contributed by atoms with van der Waals surface area (Å²) in [4.78, 5) is 28.6. The number of carbonyl (C=O) groups is 1. The molecule has 0 saturated carbocycles. The van der Waals surface area contributed by atoms with Crippen molar-refractivity contribution in [2.45, 2.75) is 0 Å². The highest BCUT2D eigenvalue weighted by atomic mass is 16.5. The summed E-state index contributed by atoms with van der Waals surface area (Å²) >= 11 is 0. The zero-order valence-corrected chi connectivity index (χ0v) is 15.3. The molecule has 1 aliphatic heterocycles. The lowest BCUT2D eigenvalue weighted by atomic mass is 10.2. The van der Waals surface area contributed by atoms with Crippen LogP contribution in [0.25, 0.3) is 0 Å². The van der Waals surface area contributed by atoms with Crippen LogP contribution in [0.15, 0.2) is 41.3 Å². The van der Waals surface area contributed by atoms with Gasteiger partial charge < -0.3 is 23.8 Å². The number of aromatic nitrogens is 1. The van der Waals surface area contributed by atoms with Crippen molar-refractivity contribution >= 4 is 11.6 Å². The molecule has 1 fully saturated rings. The molecule has 7 nitrogen and oxygen atoms in total. The lowest BCUT2D eigenvalue weighted by Gasteiger charge is -2.36. The van der Waals surface area contributed by atoms with E-state index in [1.807, 2.05) is 24.3 Å². The molecule has 2 aromatic rings. The summed E-state index contributed by atoms with van der Waals surface area (Å²) in [6.07, 6.45) is 1.54. The zero-order chi connectivity index (χ0) is 18.7. The van der Waals surface area contributed by atoms with Gasteiger partial charge in [0.2, 0.25) is 0 Å². The minimum Gasteiger partial charge on any atom is -0.497 e. The van der Waals surface area contributed by atoms with Crippen molar-refractivity contribution in [1.29, 1.82) is 0 Å². The molecule has 1 amide bonds. The fraction of sp³-hybridized carbons (Fsp3) is 0.368. The Morgan fingerprint density at radius 1 is 1.00 bits per heavy atom. The highest BCUT2D eigenvalue weighted by Gasteiger charge is 2.25. The third-order valence-electron chi connectivity index (χ3n) is 4.65. The first kappa shape index (κ1) is 17.8. The van der Waals surface area contributed by atoms with Crippen molar-refractivity contribution < 1.29 is 14.3 Å². The van der Waals surface area contributed by atoms with E-state index in [1.165, 1.54) is 17.7 Å². The quantitative estimate of drug-likeness (QED) is 0.827. The average Bonchev–Trinajstić information content (AvgIpc) is 2.69. The number of nitrogens with zero attached hydrogens (tertiary/aromatic N) is 3. The fourth-order valence-corrected chi connectivity index (χ4v) is 3.07. The van der Waals surface area contributed by atoms with Gasteiger partial charge in [-0.25, -0.2) is 0 Å². The van der Waals surface area contributed by atoms with E-state index in [0.29, 0.717) is 24.4 Å². The number of methoxy groups -OCH3 is 2. The molecule has 0 spiro atoms. The summed E-state index contributed by atoms with van der Waals surface area (Å²) in [6, 6.07) is 9.25. The van der Waals surface area contributed by atoms with Crippen molar-refractivity contribution in [2.24, 2.45) is 7.05 Å². The maximum Gasteiger partial charge on any atom is 0.259 e. The number of carbonyl (C=O) groups excluding carboxylic acids is 1. The fourth-order valence-electron chi connectivity index (χ4n) is 3.07. The number of rotatable bonds is 4. The first-order chi connectivity index (χ1) is 12.5. The number of pyridine rings is 1. The van der Waals surface area contributed by atoms with Crippen LogP contribution in [0.3, 0.4) is 0 Å². The number of hydrogen-bond acceptors (Lipinski definition) is 5. The Morgan fingerprint density at radius 3 is 2.23 bits per heavy atom. The third-order valence-corrected chi connectivity index (χ3v) is 4.65. The number of ether oxygens (including phenoxy) is 2. The lowest BCUT2D eigenvalue weighted by Crippen LogP contribution is -2.49. The molecule has 138 valence electrons. The SMILES string of the molecule is COc1ccc(N2CCN(C(=O)c3cn(C)c(=O)cc3OC)CC2)cc1. The smallest absolute Gasteiger partial charge is 0.259 e. The van der Waals surface area contributed by atoms with Crippen molar-refractivity contribution in [3.05, 3.63) is 52.4 Å². The number of piperazine rings is 1. The summed E-state index contributed by atoms with van der Waals surface area (Å²) < 4.78 is 11.8. The van der Waals surface area contributed by atoms with E-state index in [1.54, 1.807) is 25.3 Å². The Bertz CT molecular complexity index is 837. The second kappa shape index (κ2) is 7.51. The van der Waals surface area contributed by atoms with Crippen LogP contribution in [0, 0.1) is 0 Å². The Morgan fingerprint density at radius 2 is 1.65 bits per heavy atom. The normalized spacial score (nSPS) is 14.3. The Kier molecular flexibility index (Phi) is 5.16. The molecule has 1 aromatic heterocycles. The molecule has 0 atom stereocenters. The standard InChI is InChI=1S/C19H23N3O4/c1-20-13-16(17(26-3)12-18(20)23)19(24)22-10-8-21(9-11-22)14-4-6-15(25-2)7-5-14/h4-7,12-13H,8-11H2,1-3H3. The molecule has 1 aliphatic rings. The van der Waals surface area contributed by atoms with E-state index in [2.05, 4.69) is 4.90 Å². The molecule has 1 saturated heterocycles. The van der Waals surface area contributed by atoms with Gasteiger partial charge in [-0.3, -0.25) is 9.59 Å². The van der Waals surface area contributed by atoms with E-state index < -0.39 is 0 Å². The third kappa shape index (κ3) is 3.51. The summed E-state index contributed by atoms with van der Waals surface area (Å²) in [5.41, 5.74) is 1.31. The molecule has 0 unspecified atom stereocenters. The monoisotopic (exact) mass is 357 g/mol. The Hall–Kier alpha value is -2.96. The van der Waals surface area contributed by atoms with E-state index in [4.69, 9.17) is 9.47 Å². The predicted octanol–water partition coefficient (Wildman–Crippen LogP) is 1.36. The topological polar surface area (TPSA) is 64.0 Å². The van der Waals surface area contributed by atoms with Gasteiger partial charge in [-0.15, -0.1) is 0 Å². The molecular formula is C19H23N3O4. The molecule has 1 aromatic carbocycles. The van der Waals surface area contributed by atoms with Gasteiger partial charge in [0, 0.05) is 51.2 Å². The Labute approximate surface area is 152 Å². The maximum absolute atomic E-state index is 12.9. The van der Waals surface area contributed by atoms with Crippen LogP contribution in [-0.4, -0.2) is 55.8 Å². The predicted molar refractivity (Wildman–Crippen MR) is 99.3 cm³/mol. The largest absolute Gasteiger partial charge is 0.497 e. The van der Waals surface area contributed by atoms with Gasteiger partial charge in [0.15, 0.2) is 0 Å². The second-order valence-corrected chi connectivity index (χ2v) is 6.18. The first-order valence-electron chi connectivity index (χ1n) is 8.46. The van der Waals surface area contributed by atoms with Crippen LogP contribution in [0.1, 0.15) is 10.4 Å². The summed E-state index contributed by atoms with van der Waals surface area (Å²) in [5, 5.41) is 0. The zero-order valence-electron chi connectivity index (χ0n) is 15.3. The van der Waals surface area contributed by atoms with Crippen molar-refractivity contribution in [1.82, 2.24) is 9.47 Å². The minimum absolute atomic E-state index is 0.119. The summed E-state index contributed by atoms with van der Waals surface area (Å²) in [7, 11) is 4.74. The number of aryl methyl sites for hydroxylation is 1. The minimum atomic E-state index is -0.206. The highest BCUT2D eigenvalue weighted by Crippen LogP contribution is 2.22. The first-order valence-corrected chi connectivity index (χ1v) is 8.46. The van der Waals surface area contributed by atoms with Gasteiger partial charge in [0.25, 0.3) is 11.5 Å². The van der Waals surface area contributed by atoms with Gasteiger partial charge in [-0.05, 0) is 24.3 Å². The maximum atomic E-state index is 12.9. The van der Waals surface area contributed by atoms with Crippen molar-refractivity contribution in [3.8, 4) is 11.5 Å². The molecule has 0 aliphatic carbocycles. The molecule has 2 heterocycles. The molecular weight excluding hydrogens is 334 g/mol. The van der Waals surface area contributed by atoms with E-state index >= 15 is 0 Å². The molecule has 0 bridgehead atoms. The summed E-state index contributed by atoms with van der Waals surface area (Å²) in [5.74, 6) is 1.02. The molecule has 0 radical (unpaired) electrons. The van der Waals surface area contributed by atoms with Crippen LogP contribution in [0.2, 0.25) is 0 Å². The molecule has 0 N–H and O–H groups in total. The van der Waals surface area contributed by atoms with Crippen LogP contribution in [-0.2, 0) is 7.05 Å². The highest BCUT2D eigenvalue weighted by molar-refractivity contribution is 5.96. The van der Waals surface area contributed by atoms with Gasteiger partial charge in [0.1, 0.15) is 11.5 Å². The van der Waals surface area contributed by atoms with Crippen molar-refractivity contribution in [2.75, 3.05) is 45.3 Å². The summed E-state index contributed by atoms with van der Waals surface area (Å²) in [6.45, 7) is 2.70. The van der Waals surface area contributed by atoms with Crippen LogP contribution in [0.4, 0.5) is 5.69 Å². The molecule has 7 heteroatoms. The lowest BCUT2D eigenvalue weighted by molar-refractivity contribution is 0.0742. The van der Waals surface area contributed by atoms with Gasteiger partial charge in [-0.2, -0.15) is 0 Å². The molecule has 3 rings (SSSR count). The second-order valence-electron chi connectivity index (χ2n) is 6.18. The number of anilines is 1. The molecule has 26 heavy (non-hydrogen) atoms. The number of amides is 1. The van der Waals surface area contributed by atoms with E-state index in [-0.39, 0.29) is 11.5 Å². The van der Waals surface area contributed by atoms with Gasteiger partial charge >= 0.3 is 0 Å². The van der Waals surface area contributed by atoms with E-state index in [9.17, 15) is 9.59 Å². The van der Waals surface area contributed by atoms with Gasteiger partial charge in [-0.1, -0.05) is 0 Å². The van der Waals surface area contributed by atoms with Crippen LogP contribution >= 0.6 is 0 Å². The van der Waals surface area contributed by atoms with Crippen LogP contribution < -0.4 is 19.9 Å². The Balaban J connectivity index is 1.70. The van der Waals surface area contributed by atoms with Gasteiger partial charge in [0.05, 0.1) is 19.8 Å². The van der Waals surface area contributed by atoms with Crippen LogP contribution in [0.5, 0.6) is 11.5 Å².